The van der Waals surface area contributed by atoms with Crippen molar-refractivity contribution < 1.29 is 13.2 Å². The number of nitrogens with zero attached hydrogens (tertiary/aromatic N) is 1. The van der Waals surface area contributed by atoms with Gasteiger partial charge in [0.15, 0.2) is 9.84 Å². The maximum atomic E-state index is 12.4. The van der Waals surface area contributed by atoms with Crippen LogP contribution in [0, 0.1) is 13.8 Å². The van der Waals surface area contributed by atoms with Crippen LogP contribution < -0.4 is 5.32 Å². The summed E-state index contributed by atoms with van der Waals surface area (Å²) in [5.41, 5.74) is 2.62. The number of sulfone groups is 1. The quantitative estimate of drug-likeness (QED) is 0.904. The predicted molar refractivity (Wildman–Crippen MR) is 83.2 cm³/mol. The first-order valence-electron chi connectivity index (χ1n) is 7.21. The molecule has 2 rings (SSSR count). The van der Waals surface area contributed by atoms with Gasteiger partial charge in [-0.15, -0.1) is 0 Å². The predicted octanol–water partition coefficient (Wildman–Crippen LogP) is 1.73. The molecule has 0 spiro atoms. The summed E-state index contributed by atoms with van der Waals surface area (Å²) in [5.74, 6) is 0.0221. The lowest BCUT2D eigenvalue weighted by molar-refractivity contribution is 0.0930. The number of aryl methyl sites for hydroxylation is 1. The molecule has 118 valence electrons. The Balaban J connectivity index is 2.13. The molecular weight excluding hydrogens is 288 g/mol. The Bertz CT molecular complexity index is 671. The minimum Gasteiger partial charge on any atom is -0.351 e. The SMILES string of the molecule is Cc1cc(C(=O)N[C@H]2CCS(=O)(=O)C(C)(C)C2)c(C)n1C. The van der Waals surface area contributed by atoms with Crippen molar-refractivity contribution in [1.29, 1.82) is 0 Å². The lowest BCUT2D eigenvalue weighted by Crippen LogP contribution is -2.49. The van der Waals surface area contributed by atoms with Crippen LogP contribution in [0.1, 0.15) is 48.4 Å². The normalized spacial score (nSPS) is 23.8. The van der Waals surface area contributed by atoms with E-state index >= 15 is 0 Å². The molecule has 1 aromatic heterocycles. The van der Waals surface area contributed by atoms with Gasteiger partial charge >= 0.3 is 0 Å². The summed E-state index contributed by atoms with van der Waals surface area (Å²) < 4.78 is 25.2. The van der Waals surface area contributed by atoms with E-state index in [4.69, 9.17) is 0 Å². The van der Waals surface area contributed by atoms with Crippen LogP contribution in [0.15, 0.2) is 6.07 Å². The van der Waals surface area contributed by atoms with E-state index in [9.17, 15) is 13.2 Å². The summed E-state index contributed by atoms with van der Waals surface area (Å²) in [7, 11) is -1.13. The highest BCUT2D eigenvalue weighted by atomic mass is 32.2. The summed E-state index contributed by atoms with van der Waals surface area (Å²) in [6, 6.07) is 1.78. The van der Waals surface area contributed by atoms with Crippen molar-refractivity contribution in [2.45, 2.75) is 51.3 Å². The Morgan fingerprint density at radius 3 is 2.48 bits per heavy atom. The minimum absolute atomic E-state index is 0.0871. The first-order valence-corrected chi connectivity index (χ1v) is 8.86. The molecule has 0 radical (unpaired) electrons. The monoisotopic (exact) mass is 312 g/mol. The van der Waals surface area contributed by atoms with Crippen molar-refractivity contribution in [1.82, 2.24) is 9.88 Å². The largest absolute Gasteiger partial charge is 0.351 e. The first-order chi connectivity index (χ1) is 9.55. The third-order valence-electron chi connectivity index (χ3n) is 4.67. The van der Waals surface area contributed by atoms with Gasteiger partial charge in [0.2, 0.25) is 0 Å². The second kappa shape index (κ2) is 5.16. The van der Waals surface area contributed by atoms with Crippen LogP contribution in [0.4, 0.5) is 0 Å². The van der Waals surface area contributed by atoms with Gasteiger partial charge in [-0.25, -0.2) is 8.42 Å². The summed E-state index contributed by atoms with van der Waals surface area (Å²) in [6.45, 7) is 7.34. The van der Waals surface area contributed by atoms with Crippen molar-refractivity contribution in [2.75, 3.05) is 5.75 Å². The zero-order chi connectivity index (χ0) is 16.0. The average Bonchev–Trinajstić information content (AvgIpc) is 2.62. The summed E-state index contributed by atoms with van der Waals surface area (Å²) in [5, 5.41) is 2.99. The van der Waals surface area contributed by atoms with Crippen LogP contribution in [0.5, 0.6) is 0 Å². The standard InChI is InChI=1S/C15H24N2O3S/c1-10-8-13(11(2)17(10)5)14(18)16-12-6-7-21(19,20)15(3,4)9-12/h8,12H,6-7,9H2,1-5H3,(H,16,18)/t12-/m0/s1. The van der Waals surface area contributed by atoms with Gasteiger partial charge in [0.05, 0.1) is 16.1 Å². The Morgan fingerprint density at radius 2 is 2.00 bits per heavy atom. The van der Waals surface area contributed by atoms with E-state index in [1.165, 1.54) is 0 Å². The van der Waals surface area contributed by atoms with Crippen LogP contribution in [0.2, 0.25) is 0 Å². The molecule has 6 heteroatoms. The molecule has 1 aliphatic heterocycles. The molecule has 2 heterocycles. The van der Waals surface area contributed by atoms with E-state index in [-0.39, 0.29) is 17.7 Å². The van der Waals surface area contributed by atoms with Gasteiger partial charge in [-0.3, -0.25) is 4.79 Å². The molecule has 1 atom stereocenters. The fraction of sp³-hybridized carbons (Fsp3) is 0.667. The van der Waals surface area contributed by atoms with Crippen molar-refractivity contribution in [2.24, 2.45) is 7.05 Å². The van der Waals surface area contributed by atoms with Crippen molar-refractivity contribution in [3.63, 3.8) is 0 Å². The van der Waals surface area contributed by atoms with Crippen LogP contribution in [0.3, 0.4) is 0 Å². The Morgan fingerprint density at radius 1 is 1.38 bits per heavy atom. The molecule has 21 heavy (non-hydrogen) atoms. The van der Waals surface area contributed by atoms with Crippen LogP contribution in [-0.2, 0) is 16.9 Å². The number of aromatic nitrogens is 1. The van der Waals surface area contributed by atoms with E-state index in [2.05, 4.69) is 5.32 Å². The second-order valence-corrected chi connectivity index (χ2v) is 9.33. The van der Waals surface area contributed by atoms with Crippen LogP contribution in [-0.4, -0.2) is 35.4 Å². The lowest BCUT2D eigenvalue weighted by Gasteiger charge is -2.35. The fourth-order valence-corrected chi connectivity index (χ4v) is 4.47. The summed E-state index contributed by atoms with van der Waals surface area (Å²) in [4.78, 5) is 12.4. The van der Waals surface area contributed by atoms with Crippen LogP contribution >= 0.6 is 0 Å². The third-order valence-corrected chi connectivity index (χ3v) is 7.29. The maximum Gasteiger partial charge on any atom is 0.253 e. The smallest absolute Gasteiger partial charge is 0.253 e. The molecule has 5 nitrogen and oxygen atoms in total. The molecule has 0 aliphatic carbocycles. The van der Waals surface area contributed by atoms with Crippen molar-refractivity contribution >= 4 is 15.7 Å². The molecule has 1 saturated heterocycles. The van der Waals surface area contributed by atoms with E-state index in [1.807, 2.05) is 31.5 Å². The topological polar surface area (TPSA) is 68.2 Å². The third kappa shape index (κ3) is 2.86. The lowest BCUT2D eigenvalue weighted by atomic mass is 9.99. The summed E-state index contributed by atoms with van der Waals surface area (Å²) >= 11 is 0. The second-order valence-electron chi connectivity index (χ2n) is 6.59. The van der Waals surface area contributed by atoms with E-state index < -0.39 is 14.6 Å². The summed E-state index contributed by atoms with van der Waals surface area (Å²) in [6.07, 6.45) is 0.953. The molecule has 1 amide bonds. The highest BCUT2D eigenvalue weighted by Gasteiger charge is 2.41. The highest BCUT2D eigenvalue weighted by Crippen LogP contribution is 2.30. The maximum absolute atomic E-state index is 12.4. The first kappa shape index (κ1) is 16.1. The molecule has 1 fully saturated rings. The van der Waals surface area contributed by atoms with E-state index in [1.54, 1.807) is 13.8 Å². The molecule has 1 aromatic rings. The van der Waals surface area contributed by atoms with Crippen molar-refractivity contribution in [3.05, 3.63) is 23.0 Å². The number of hydrogen-bond donors (Lipinski definition) is 1. The fourth-order valence-electron chi connectivity index (χ4n) is 2.87. The van der Waals surface area contributed by atoms with E-state index in [0.717, 1.165) is 11.4 Å². The minimum atomic E-state index is -3.06. The molecule has 0 unspecified atom stereocenters. The molecule has 0 aromatic carbocycles. The number of carbonyl (C=O) groups is 1. The van der Waals surface area contributed by atoms with Crippen molar-refractivity contribution in [3.8, 4) is 0 Å². The van der Waals surface area contributed by atoms with Gasteiger partial charge < -0.3 is 9.88 Å². The highest BCUT2D eigenvalue weighted by molar-refractivity contribution is 7.92. The van der Waals surface area contributed by atoms with Crippen LogP contribution in [0.25, 0.3) is 0 Å². The molecule has 0 saturated carbocycles. The number of hydrogen-bond acceptors (Lipinski definition) is 3. The number of rotatable bonds is 2. The van der Waals surface area contributed by atoms with Gasteiger partial charge in [-0.2, -0.15) is 0 Å². The van der Waals surface area contributed by atoms with E-state index in [0.29, 0.717) is 18.4 Å². The number of carbonyl (C=O) groups excluding carboxylic acids is 1. The van der Waals surface area contributed by atoms with Gasteiger partial charge in [0.25, 0.3) is 5.91 Å². The van der Waals surface area contributed by atoms with Gasteiger partial charge in [0, 0.05) is 24.5 Å². The Kier molecular flexibility index (Phi) is 3.95. The molecule has 0 bridgehead atoms. The zero-order valence-corrected chi connectivity index (χ0v) is 14.2. The van der Waals surface area contributed by atoms with Gasteiger partial charge in [-0.05, 0) is 46.6 Å². The zero-order valence-electron chi connectivity index (χ0n) is 13.4. The number of nitrogens with one attached hydrogen (secondary N) is 1. The van der Waals surface area contributed by atoms with Gasteiger partial charge in [-0.1, -0.05) is 0 Å². The molecule has 1 aliphatic rings. The molecular formula is C15H24N2O3S. The Labute approximate surface area is 126 Å². The van der Waals surface area contributed by atoms with Gasteiger partial charge in [0.1, 0.15) is 0 Å². The Hall–Kier alpha value is -1.30. The number of amides is 1. The average molecular weight is 312 g/mol. The molecule has 1 N–H and O–H groups in total.